The van der Waals surface area contributed by atoms with Crippen LogP contribution in [0.1, 0.15) is 43.5 Å². The van der Waals surface area contributed by atoms with Crippen LogP contribution >= 0.6 is 15.9 Å². The van der Waals surface area contributed by atoms with Crippen molar-refractivity contribution in [2.75, 3.05) is 0 Å². The van der Waals surface area contributed by atoms with Gasteiger partial charge in [0.1, 0.15) is 5.75 Å². The highest BCUT2D eigenvalue weighted by Crippen LogP contribution is 2.25. The fourth-order valence-corrected chi connectivity index (χ4v) is 2.61. The van der Waals surface area contributed by atoms with E-state index in [4.69, 9.17) is 0 Å². The van der Waals surface area contributed by atoms with Crippen LogP contribution in [0.25, 0.3) is 0 Å². The third-order valence-corrected chi connectivity index (χ3v) is 3.76. The Balaban J connectivity index is 2.92. The van der Waals surface area contributed by atoms with Gasteiger partial charge in [-0.3, -0.25) is 4.79 Å². The first-order valence-corrected chi connectivity index (χ1v) is 7.84. The standard InChI is InChI=1S/C18H21BrO2/c1-4-6-7-13(3)12-17(19)16(5-2)18(21)14-8-10-15(20)11-9-14/h5,8-12,20H,3-4,6-7H2,1-2H3/b16-5+,17-12+. The number of Topliss-reactive ketones (excluding diaryl/α,β-unsaturated/α-hetero) is 1. The lowest BCUT2D eigenvalue weighted by Crippen LogP contribution is -2.03. The summed E-state index contributed by atoms with van der Waals surface area (Å²) in [6.45, 7) is 7.98. The zero-order valence-corrected chi connectivity index (χ0v) is 14.1. The number of carbonyl (C=O) groups is 1. The molecule has 0 atom stereocenters. The van der Waals surface area contributed by atoms with Gasteiger partial charge in [-0.25, -0.2) is 0 Å². The molecule has 0 unspecified atom stereocenters. The maximum atomic E-state index is 12.5. The molecule has 1 N–H and O–H groups in total. The van der Waals surface area contributed by atoms with Gasteiger partial charge < -0.3 is 5.11 Å². The number of benzene rings is 1. The van der Waals surface area contributed by atoms with Crippen molar-refractivity contribution in [2.45, 2.75) is 33.1 Å². The molecule has 1 aromatic rings. The van der Waals surface area contributed by atoms with Gasteiger partial charge in [-0.15, -0.1) is 0 Å². The summed E-state index contributed by atoms with van der Waals surface area (Å²) in [6, 6.07) is 6.26. The second kappa shape index (κ2) is 8.63. The second-order valence-electron chi connectivity index (χ2n) is 4.83. The van der Waals surface area contributed by atoms with Crippen LogP contribution in [0.15, 0.2) is 58.6 Å². The molecule has 1 aromatic carbocycles. The molecule has 112 valence electrons. The number of ketones is 1. The lowest BCUT2D eigenvalue weighted by atomic mass is 10.0. The minimum atomic E-state index is -0.0797. The molecule has 0 radical (unpaired) electrons. The molecule has 0 spiro atoms. The van der Waals surface area contributed by atoms with Gasteiger partial charge in [0.2, 0.25) is 0 Å². The molecule has 3 heteroatoms. The van der Waals surface area contributed by atoms with Gasteiger partial charge in [-0.05, 0) is 50.1 Å². The number of phenolic OH excluding ortho intramolecular Hbond substituents is 1. The Morgan fingerprint density at radius 1 is 1.33 bits per heavy atom. The van der Waals surface area contributed by atoms with E-state index in [-0.39, 0.29) is 11.5 Å². The number of allylic oxidation sites excluding steroid dienone is 5. The highest BCUT2D eigenvalue weighted by Gasteiger charge is 2.14. The number of rotatable bonds is 7. The van der Waals surface area contributed by atoms with Gasteiger partial charge in [-0.1, -0.05) is 47.5 Å². The SMILES string of the molecule is C=C(/C=C(Br)\C(=C/C)C(=O)c1ccc(O)cc1)CCCC. The first-order chi connectivity index (χ1) is 9.99. The van der Waals surface area contributed by atoms with Crippen LogP contribution < -0.4 is 0 Å². The zero-order chi connectivity index (χ0) is 15.8. The largest absolute Gasteiger partial charge is 0.508 e. The molecule has 1 rings (SSSR count). The van der Waals surface area contributed by atoms with Gasteiger partial charge in [0, 0.05) is 15.6 Å². The summed E-state index contributed by atoms with van der Waals surface area (Å²) in [5, 5.41) is 9.29. The summed E-state index contributed by atoms with van der Waals surface area (Å²) in [5.74, 6) is 0.0695. The minimum Gasteiger partial charge on any atom is -0.508 e. The van der Waals surface area contributed by atoms with Crippen LogP contribution in [0.4, 0.5) is 0 Å². The molecule has 0 aliphatic rings. The van der Waals surface area contributed by atoms with E-state index in [1.165, 1.54) is 12.1 Å². The monoisotopic (exact) mass is 348 g/mol. The second-order valence-corrected chi connectivity index (χ2v) is 5.69. The number of hydrogen-bond donors (Lipinski definition) is 1. The van der Waals surface area contributed by atoms with Crippen LogP contribution in [-0.2, 0) is 0 Å². The molecule has 0 bridgehead atoms. The molecular formula is C18H21BrO2. The molecule has 0 aliphatic heterocycles. The maximum Gasteiger partial charge on any atom is 0.193 e. The Kier molecular flexibility index (Phi) is 7.17. The topological polar surface area (TPSA) is 37.3 Å². The Morgan fingerprint density at radius 3 is 2.48 bits per heavy atom. The minimum absolute atomic E-state index is 0.0797. The van der Waals surface area contributed by atoms with Crippen molar-refractivity contribution in [1.29, 1.82) is 0 Å². The van der Waals surface area contributed by atoms with Crippen molar-refractivity contribution in [3.05, 3.63) is 64.2 Å². The molecule has 0 heterocycles. The molecule has 2 nitrogen and oxygen atoms in total. The fourth-order valence-electron chi connectivity index (χ4n) is 1.88. The highest BCUT2D eigenvalue weighted by atomic mass is 79.9. The van der Waals surface area contributed by atoms with Crippen LogP contribution in [0.2, 0.25) is 0 Å². The van der Waals surface area contributed by atoms with Crippen LogP contribution in [0, 0.1) is 0 Å². The Bertz CT molecular complexity index is 565. The first-order valence-electron chi connectivity index (χ1n) is 7.05. The van der Waals surface area contributed by atoms with Crippen LogP contribution in [-0.4, -0.2) is 10.9 Å². The van der Waals surface area contributed by atoms with Gasteiger partial charge in [0.25, 0.3) is 0 Å². The van der Waals surface area contributed by atoms with Crippen LogP contribution in [0.3, 0.4) is 0 Å². The predicted octanol–water partition coefficient (Wildman–Crippen LogP) is 5.55. The Hall–Kier alpha value is -1.61. The van der Waals surface area contributed by atoms with E-state index in [2.05, 4.69) is 29.4 Å². The normalized spacial score (nSPS) is 12.3. The lowest BCUT2D eigenvalue weighted by molar-refractivity contribution is 0.103. The smallest absolute Gasteiger partial charge is 0.193 e. The Labute approximate surface area is 135 Å². The zero-order valence-electron chi connectivity index (χ0n) is 12.5. The van der Waals surface area contributed by atoms with Crippen molar-refractivity contribution < 1.29 is 9.90 Å². The molecule has 0 aliphatic carbocycles. The van der Waals surface area contributed by atoms with Crippen molar-refractivity contribution in [3.63, 3.8) is 0 Å². The molecule has 0 saturated carbocycles. The molecule has 0 saturated heterocycles. The summed E-state index contributed by atoms with van der Waals surface area (Å²) < 4.78 is 0.740. The number of hydrogen-bond acceptors (Lipinski definition) is 2. The quantitative estimate of drug-likeness (QED) is 0.398. The summed E-state index contributed by atoms with van der Waals surface area (Å²) >= 11 is 3.47. The van der Waals surface area contributed by atoms with E-state index in [1.807, 2.05) is 13.0 Å². The number of carbonyl (C=O) groups excluding carboxylic acids is 1. The molecular weight excluding hydrogens is 328 g/mol. The number of unbranched alkanes of at least 4 members (excludes halogenated alkanes) is 1. The van der Waals surface area contributed by atoms with Crippen molar-refractivity contribution in [2.24, 2.45) is 0 Å². The van der Waals surface area contributed by atoms with Gasteiger partial charge in [0.05, 0.1) is 0 Å². The van der Waals surface area contributed by atoms with E-state index in [0.29, 0.717) is 11.1 Å². The molecule has 0 aromatic heterocycles. The van der Waals surface area contributed by atoms with E-state index in [0.717, 1.165) is 29.3 Å². The third-order valence-electron chi connectivity index (χ3n) is 3.10. The molecule has 0 fully saturated rings. The number of halogens is 1. The predicted molar refractivity (Wildman–Crippen MR) is 91.9 cm³/mol. The van der Waals surface area contributed by atoms with Crippen LogP contribution in [0.5, 0.6) is 5.75 Å². The van der Waals surface area contributed by atoms with Crippen molar-refractivity contribution in [1.82, 2.24) is 0 Å². The van der Waals surface area contributed by atoms with Gasteiger partial charge >= 0.3 is 0 Å². The van der Waals surface area contributed by atoms with Gasteiger partial charge in [0.15, 0.2) is 5.78 Å². The van der Waals surface area contributed by atoms with E-state index >= 15 is 0 Å². The van der Waals surface area contributed by atoms with E-state index in [1.54, 1.807) is 18.2 Å². The van der Waals surface area contributed by atoms with E-state index < -0.39 is 0 Å². The number of aromatic hydroxyl groups is 1. The summed E-state index contributed by atoms with van der Waals surface area (Å²) in [6.07, 6.45) is 6.82. The lowest BCUT2D eigenvalue weighted by Gasteiger charge is -2.07. The molecule has 0 amide bonds. The highest BCUT2D eigenvalue weighted by molar-refractivity contribution is 9.12. The summed E-state index contributed by atoms with van der Waals surface area (Å²) in [5.41, 5.74) is 2.14. The maximum absolute atomic E-state index is 12.5. The van der Waals surface area contributed by atoms with Gasteiger partial charge in [-0.2, -0.15) is 0 Å². The number of phenols is 1. The average Bonchev–Trinajstić information content (AvgIpc) is 2.46. The van der Waals surface area contributed by atoms with E-state index in [9.17, 15) is 9.90 Å². The van der Waals surface area contributed by atoms with Crippen molar-refractivity contribution in [3.8, 4) is 5.75 Å². The average molecular weight is 349 g/mol. The first kappa shape index (κ1) is 17.4. The third kappa shape index (κ3) is 5.35. The Morgan fingerprint density at radius 2 is 1.95 bits per heavy atom. The fraction of sp³-hybridized carbons (Fsp3) is 0.278. The molecule has 21 heavy (non-hydrogen) atoms. The van der Waals surface area contributed by atoms with Crippen molar-refractivity contribution >= 4 is 21.7 Å². The summed E-state index contributed by atoms with van der Waals surface area (Å²) in [4.78, 5) is 12.5. The summed E-state index contributed by atoms with van der Waals surface area (Å²) in [7, 11) is 0.